The number of benzene rings is 2. The average molecular weight is 579 g/mol. The Bertz CT molecular complexity index is 1350. The highest BCUT2D eigenvalue weighted by Gasteiger charge is 2.54. The highest BCUT2D eigenvalue weighted by atomic mass is 16.7. The van der Waals surface area contributed by atoms with Gasteiger partial charge in [0.1, 0.15) is 36.6 Å². The topological polar surface area (TPSA) is 90.9 Å². The number of carbonyl (C=O) groups is 1. The fourth-order valence-corrected chi connectivity index (χ4v) is 6.64. The Morgan fingerprint density at radius 2 is 1.67 bits per heavy atom. The first-order valence-electron chi connectivity index (χ1n) is 14.9. The molecule has 42 heavy (non-hydrogen) atoms. The Kier molecular flexibility index (Phi) is 7.69. The molecule has 0 radical (unpaired) electrons. The normalized spacial score (nSPS) is 38.7. The van der Waals surface area contributed by atoms with Crippen LogP contribution in [-0.2, 0) is 49.3 Å². The van der Waals surface area contributed by atoms with Gasteiger partial charge in [0, 0.05) is 13.3 Å². The van der Waals surface area contributed by atoms with E-state index < -0.39 is 36.4 Å². The number of fused-ring (bicyclic) bond motifs is 5. The minimum Gasteiger partial charge on any atom is -0.432 e. The van der Waals surface area contributed by atoms with E-state index in [9.17, 15) is 4.79 Å². The average Bonchev–Trinajstić information content (AvgIpc) is 3.26. The molecule has 9 heteroatoms. The third kappa shape index (κ3) is 5.79. The Labute approximate surface area is 245 Å². The molecule has 10 atom stereocenters. The number of hydrogen-bond acceptors (Lipinski definition) is 9. The van der Waals surface area contributed by atoms with Gasteiger partial charge in [-0.25, -0.2) is 0 Å². The number of carbonyl (C=O) groups excluding carboxylic acids is 1. The van der Waals surface area contributed by atoms with Gasteiger partial charge in [-0.3, -0.25) is 4.79 Å². The maximum Gasteiger partial charge on any atom is 0.305 e. The Morgan fingerprint density at radius 3 is 2.52 bits per heavy atom. The molecule has 5 heterocycles. The lowest BCUT2D eigenvalue weighted by Gasteiger charge is -2.51. The van der Waals surface area contributed by atoms with Crippen molar-refractivity contribution in [3.63, 3.8) is 0 Å². The zero-order valence-corrected chi connectivity index (χ0v) is 24.1. The molecular weight excluding hydrogens is 540 g/mol. The monoisotopic (exact) mass is 578 g/mol. The number of ether oxygens (including phenoxy) is 8. The van der Waals surface area contributed by atoms with Crippen LogP contribution < -0.4 is 0 Å². The zero-order valence-electron chi connectivity index (χ0n) is 24.1. The molecule has 0 bridgehead atoms. The molecule has 0 amide bonds. The number of esters is 1. The first kappa shape index (κ1) is 28.2. The first-order valence-corrected chi connectivity index (χ1v) is 14.9. The van der Waals surface area contributed by atoms with E-state index in [2.05, 4.69) is 30.3 Å². The van der Waals surface area contributed by atoms with Crippen LogP contribution in [0, 0.1) is 0 Å². The van der Waals surface area contributed by atoms with Crippen LogP contribution in [-0.4, -0.2) is 79.6 Å². The van der Waals surface area contributed by atoms with E-state index in [4.69, 9.17) is 37.9 Å². The third-order valence-corrected chi connectivity index (χ3v) is 8.59. The lowest BCUT2D eigenvalue weighted by molar-refractivity contribution is -0.326. The molecule has 0 N–H and O–H groups in total. The van der Waals surface area contributed by atoms with Gasteiger partial charge in [-0.05, 0) is 48.7 Å². The molecule has 5 aliphatic rings. The molecule has 0 aliphatic carbocycles. The summed E-state index contributed by atoms with van der Waals surface area (Å²) < 4.78 is 50.4. The van der Waals surface area contributed by atoms with Crippen LogP contribution in [0.2, 0.25) is 0 Å². The molecule has 2 aromatic rings. The predicted octanol–water partition coefficient (Wildman–Crippen LogP) is 4.36. The van der Waals surface area contributed by atoms with Crippen molar-refractivity contribution in [3.8, 4) is 0 Å². The molecule has 3 fully saturated rings. The fourth-order valence-electron chi connectivity index (χ4n) is 6.64. The van der Waals surface area contributed by atoms with Crippen molar-refractivity contribution >= 4 is 16.7 Å². The van der Waals surface area contributed by atoms with Crippen molar-refractivity contribution in [3.05, 3.63) is 72.3 Å². The molecule has 7 rings (SSSR count). The summed E-state index contributed by atoms with van der Waals surface area (Å²) in [6, 6.07) is 14.6. The summed E-state index contributed by atoms with van der Waals surface area (Å²) in [7, 11) is 0. The molecule has 0 spiro atoms. The van der Waals surface area contributed by atoms with E-state index in [0.29, 0.717) is 26.1 Å². The Hall–Kier alpha value is -2.63. The number of rotatable bonds is 4. The van der Waals surface area contributed by atoms with Gasteiger partial charge < -0.3 is 37.9 Å². The fraction of sp³-hybridized carbons (Fsp3) is 0.545. The highest BCUT2D eigenvalue weighted by molar-refractivity contribution is 5.82. The van der Waals surface area contributed by atoms with Gasteiger partial charge in [-0.1, -0.05) is 54.6 Å². The molecule has 0 saturated carbocycles. The molecule has 0 aromatic heterocycles. The highest BCUT2D eigenvalue weighted by Crippen LogP contribution is 2.41. The second kappa shape index (κ2) is 11.5. The van der Waals surface area contributed by atoms with E-state index in [0.717, 1.165) is 10.9 Å². The van der Waals surface area contributed by atoms with Crippen molar-refractivity contribution in [1.82, 2.24) is 0 Å². The SMILES string of the molecule is CC(=O)O[C@@H]1C=CC[C@@H]2O[C@@H]3C[C@@H]4O[C@@H]5COC(C)(C)O[C@H]5C=C[C@H]4O[C@H]3[C@H](OCc3ccc4ccccc4c3)[C@H]2O1. The van der Waals surface area contributed by atoms with Crippen LogP contribution in [0.4, 0.5) is 0 Å². The molecule has 3 saturated heterocycles. The van der Waals surface area contributed by atoms with Gasteiger partial charge in [0.25, 0.3) is 0 Å². The summed E-state index contributed by atoms with van der Waals surface area (Å²) in [6.45, 7) is 6.00. The first-order chi connectivity index (χ1) is 20.3. The van der Waals surface area contributed by atoms with E-state index in [1.54, 1.807) is 6.08 Å². The zero-order chi connectivity index (χ0) is 28.8. The Morgan fingerprint density at radius 1 is 0.881 bits per heavy atom. The lowest BCUT2D eigenvalue weighted by Crippen LogP contribution is -2.64. The summed E-state index contributed by atoms with van der Waals surface area (Å²) in [4.78, 5) is 11.8. The minimum atomic E-state index is -0.828. The van der Waals surface area contributed by atoms with Crippen LogP contribution in [0.25, 0.3) is 10.8 Å². The lowest BCUT2D eigenvalue weighted by atomic mass is 9.87. The molecule has 0 unspecified atom stereocenters. The van der Waals surface area contributed by atoms with Crippen LogP contribution in [0.5, 0.6) is 0 Å². The Balaban J connectivity index is 1.15. The molecule has 2 aromatic carbocycles. The van der Waals surface area contributed by atoms with Crippen LogP contribution in [0.1, 0.15) is 39.2 Å². The smallest absolute Gasteiger partial charge is 0.305 e. The van der Waals surface area contributed by atoms with E-state index in [1.807, 2.05) is 44.2 Å². The maximum absolute atomic E-state index is 11.8. The van der Waals surface area contributed by atoms with Gasteiger partial charge in [-0.2, -0.15) is 0 Å². The summed E-state index contributed by atoms with van der Waals surface area (Å²) in [5, 5.41) is 2.33. The van der Waals surface area contributed by atoms with Crippen molar-refractivity contribution in [1.29, 1.82) is 0 Å². The standard InChI is InChI=1S/C33H38O9/c1-19(34)37-29-10-6-9-25-30(41-29)32(35-17-20-11-12-21-7-4-5-8-22(21)15-20)31-27(38-25)16-26-23(40-31)13-14-24-28(39-26)18-36-33(2,3)42-24/h4-8,10-15,23-32H,9,16-18H2,1-3H3/t23-,24+,25+,26+,27-,28-,29+,30+,31-,32-/m1/s1. The third-order valence-electron chi connectivity index (χ3n) is 8.59. The summed E-state index contributed by atoms with van der Waals surface area (Å²) in [6.07, 6.45) is 5.17. The molecule has 9 nitrogen and oxygen atoms in total. The number of hydrogen-bond donors (Lipinski definition) is 0. The van der Waals surface area contributed by atoms with Gasteiger partial charge in [-0.15, -0.1) is 0 Å². The molecule has 224 valence electrons. The van der Waals surface area contributed by atoms with Crippen molar-refractivity contribution < 1.29 is 42.7 Å². The molecule has 5 aliphatic heterocycles. The van der Waals surface area contributed by atoms with Gasteiger partial charge in [0.2, 0.25) is 6.29 Å². The van der Waals surface area contributed by atoms with Crippen molar-refractivity contribution in [2.75, 3.05) is 6.61 Å². The largest absolute Gasteiger partial charge is 0.432 e. The van der Waals surface area contributed by atoms with Crippen molar-refractivity contribution in [2.24, 2.45) is 0 Å². The van der Waals surface area contributed by atoms with Gasteiger partial charge in [0.05, 0.1) is 31.5 Å². The van der Waals surface area contributed by atoms with E-state index >= 15 is 0 Å². The van der Waals surface area contributed by atoms with E-state index in [1.165, 1.54) is 12.3 Å². The predicted molar refractivity (Wildman–Crippen MR) is 151 cm³/mol. The van der Waals surface area contributed by atoms with Crippen LogP contribution in [0.3, 0.4) is 0 Å². The molecular formula is C33H38O9. The van der Waals surface area contributed by atoms with Crippen LogP contribution >= 0.6 is 0 Å². The van der Waals surface area contributed by atoms with Gasteiger partial charge in [0.15, 0.2) is 5.79 Å². The van der Waals surface area contributed by atoms with E-state index in [-0.39, 0.29) is 36.6 Å². The second-order valence-electron chi connectivity index (χ2n) is 12.1. The quantitative estimate of drug-likeness (QED) is 0.388. The second-order valence-corrected chi connectivity index (χ2v) is 12.1. The summed E-state index contributed by atoms with van der Waals surface area (Å²) in [5.74, 6) is -1.10. The van der Waals surface area contributed by atoms with Gasteiger partial charge >= 0.3 is 5.97 Å². The maximum atomic E-state index is 11.8. The van der Waals surface area contributed by atoms with Crippen LogP contribution in [0.15, 0.2) is 66.8 Å². The summed E-state index contributed by atoms with van der Waals surface area (Å²) >= 11 is 0. The van der Waals surface area contributed by atoms with Crippen molar-refractivity contribution in [2.45, 2.75) is 107 Å². The summed E-state index contributed by atoms with van der Waals surface area (Å²) in [5.41, 5.74) is 1.05. The minimum absolute atomic E-state index is 0.223.